The number of aliphatic hydroxyl groups excluding tert-OH is 1. The van der Waals surface area contributed by atoms with Gasteiger partial charge < -0.3 is 14.7 Å². The summed E-state index contributed by atoms with van der Waals surface area (Å²) in [5, 5.41) is 12.2. The van der Waals surface area contributed by atoms with E-state index in [1.807, 2.05) is 18.2 Å². The zero-order valence-corrected chi connectivity index (χ0v) is 13.9. The van der Waals surface area contributed by atoms with E-state index in [4.69, 9.17) is 4.74 Å². The standard InChI is InChI=1S/C17H23NO2S/c1-12(11-14-7-6-10-21-14)18(3)15-8-5-9-16(20-4)17(15)13(2)19/h5-10,12-13,19H,11H2,1-4H3. The number of rotatable bonds is 6. The first-order valence-electron chi connectivity index (χ1n) is 7.14. The number of benzene rings is 1. The fraction of sp³-hybridized carbons (Fsp3) is 0.412. The fourth-order valence-corrected chi connectivity index (χ4v) is 3.36. The van der Waals surface area contributed by atoms with Gasteiger partial charge in [0, 0.05) is 35.6 Å². The molecule has 0 fully saturated rings. The topological polar surface area (TPSA) is 32.7 Å². The molecule has 114 valence electrons. The first kappa shape index (κ1) is 15.9. The van der Waals surface area contributed by atoms with Crippen LogP contribution in [0.2, 0.25) is 0 Å². The molecule has 0 aliphatic carbocycles. The molecular weight excluding hydrogens is 282 g/mol. The van der Waals surface area contributed by atoms with Crippen LogP contribution >= 0.6 is 11.3 Å². The van der Waals surface area contributed by atoms with Gasteiger partial charge in [-0.25, -0.2) is 0 Å². The van der Waals surface area contributed by atoms with Crippen molar-refractivity contribution in [3.05, 3.63) is 46.2 Å². The number of hydrogen-bond acceptors (Lipinski definition) is 4. The first-order valence-corrected chi connectivity index (χ1v) is 8.02. The summed E-state index contributed by atoms with van der Waals surface area (Å²) in [5.74, 6) is 0.734. The molecule has 4 heteroatoms. The predicted molar refractivity (Wildman–Crippen MR) is 89.5 cm³/mol. The van der Waals surface area contributed by atoms with Crippen LogP contribution in [0.4, 0.5) is 5.69 Å². The Kier molecular flexibility index (Phi) is 5.26. The lowest BCUT2D eigenvalue weighted by atomic mass is 10.0. The number of hydrogen-bond donors (Lipinski definition) is 1. The SMILES string of the molecule is COc1cccc(N(C)C(C)Cc2cccs2)c1C(C)O. The molecule has 1 aromatic heterocycles. The lowest BCUT2D eigenvalue weighted by molar-refractivity contribution is 0.194. The predicted octanol–water partition coefficient (Wildman–Crippen LogP) is 3.88. The highest BCUT2D eigenvalue weighted by Crippen LogP contribution is 2.35. The van der Waals surface area contributed by atoms with E-state index in [9.17, 15) is 5.11 Å². The highest BCUT2D eigenvalue weighted by Gasteiger charge is 2.20. The van der Waals surface area contributed by atoms with Gasteiger partial charge in [0.2, 0.25) is 0 Å². The summed E-state index contributed by atoms with van der Waals surface area (Å²) >= 11 is 1.78. The summed E-state index contributed by atoms with van der Waals surface area (Å²) in [6, 6.07) is 10.5. The Labute approximate surface area is 130 Å². The van der Waals surface area contributed by atoms with Crippen molar-refractivity contribution in [3.8, 4) is 5.75 Å². The monoisotopic (exact) mass is 305 g/mol. The van der Waals surface area contributed by atoms with Crippen LogP contribution in [0.1, 0.15) is 30.4 Å². The molecule has 1 aromatic carbocycles. The quantitative estimate of drug-likeness (QED) is 0.879. The molecule has 0 saturated heterocycles. The van der Waals surface area contributed by atoms with Gasteiger partial charge in [-0.05, 0) is 37.4 Å². The lowest BCUT2D eigenvalue weighted by Crippen LogP contribution is -2.31. The Balaban J connectivity index is 2.27. The minimum absolute atomic E-state index is 0.341. The first-order chi connectivity index (χ1) is 10.0. The molecule has 2 rings (SSSR count). The second-order valence-corrected chi connectivity index (χ2v) is 6.34. The molecule has 2 aromatic rings. The third kappa shape index (κ3) is 3.57. The Morgan fingerprint density at radius 3 is 2.57 bits per heavy atom. The largest absolute Gasteiger partial charge is 0.496 e. The molecule has 1 heterocycles. The van der Waals surface area contributed by atoms with E-state index in [1.54, 1.807) is 25.4 Å². The highest BCUT2D eigenvalue weighted by atomic mass is 32.1. The van der Waals surface area contributed by atoms with E-state index in [0.29, 0.717) is 6.04 Å². The molecule has 0 amide bonds. The van der Waals surface area contributed by atoms with Gasteiger partial charge in [0.15, 0.2) is 0 Å². The minimum Gasteiger partial charge on any atom is -0.496 e. The number of nitrogens with zero attached hydrogens (tertiary/aromatic N) is 1. The Morgan fingerprint density at radius 1 is 1.24 bits per heavy atom. The summed E-state index contributed by atoms with van der Waals surface area (Å²) in [7, 11) is 3.71. The molecule has 0 bridgehead atoms. The molecule has 2 unspecified atom stereocenters. The van der Waals surface area contributed by atoms with Crippen molar-refractivity contribution in [3.63, 3.8) is 0 Å². The molecule has 0 saturated carbocycles. The normalized spacial score (nSPS) is 13.8. The number of aliphatic hydroxyl groups is 1. The van der Waals surface area contributed by atoms with Crippen molar-refractivity contribution in [1.29, 1.82) is 0 Å². The van der Waals surface area contributed by atoms with Crippen molar-refractivity contribution in [2.24, 2.45) is 0 Å². The summed E-state index contributed by atoms with van der Waals surface area (Å²) in [6.07, 6.45) is 0.428. The molecular formula is C17H23NO2S. The second-order valence-electron chi connectivity index (χ2n) is 5.31. The van der Waals surface area contributed by atoms with Crippen molar-refractivity contribution in [1.82, 2.24) is 0 Å². The Bertz CT molecular complexity index is 566. The van der Waals surface area contributed by atoms with Gasteiger partial charge in [-0.15, -0.1) is 11.3 Å². The van der Waals surface area contributed by atoms with Crippen LogP contribution < -0.4 is 9.64 Å². The molecule has 3 nitrogen and oxygen atoms in total. The van der Waals surface area contributed by atoms with Crippen LogP contribution in [-0.4, -0.2) is 25.3 Å². The Hall–Kier alpha value is -1.52. The summed E-state index contributed by atoms with van der Waals surface area (Å²) in [4.78, 5) is 3.58. The molecule has 1 N–H and O–H groups in total. The van der Waals surface area contributed by atoms with Gasteiger partial charge in [0.1, 0.15) is 5.75 Å². The number of methoxy groups -OCH3 is 1. The van der Waals surface area contributed by atoms with Gasteiger partial charge in [-0.1, -0.05) is 12.1 Å². The molecule has 0 spiro atoms. The van der Waals surface area contributed by atoms with Crippen LogP contribution in [0.3, 0.4) is 0 Å². The minimum atomic E-state index is -0.562. The van der Waals surface area contributed by atoms with Crippen molar-refractivity contribution in [2.45, 2.75) is 32.4 Å². The van der Waals surface area contributed by atoms with E-state index in [-0.39, 0.29) is 0 Å². The molecule has 0 aliphatic rings. The maximum atomic E-state index is 10.1. The number of ether oxygens (including phenoxy) is 1. The van der Waals surface area contributed by atoms with Crippen molar-refractivity contribution < 1.29 is 9.84 Å². The van der Waals surface area contributed by atoms with Crippen LogP contribution in [0, 0.1) is 0 Å². The van der Waals surface area contributed by atoms with E-state index in [1.165, 1.54) is 4.88 Å². The van der Waals surface area contributed by atoms with Gasteiger partial charge >= 0.3 is 0 Å². The average molecular weight is 305 g/mol. The van der Waals surface area contributed by atoms with Gasteiger partial charge in [-0.2, -0.15) is 0 Å². The van der Waals surface area contributed by atoms with E-state index in [2.05, 4.69) is 36.4 Å². The van der Waals surface area contributed by atoms with Gasteiger partial charge in [-0.3, -0.25) is 0 Å². The third-order valence-electron chi connectivity index (χ3n) is 3.80. The van der Waals surface area contributed by atoms with Crippen molar-refractivity contribution >= 4 is 17.0 Å². The maximum Gasteiger partial charge on any atom is 0.126 e. The number of likely N-dealkylation sites (N-methyl/N-ethyl adjacent to an activating group) is 1. The highest BCUT2D eigenvalue weighted by molar-refractivity contribution is 7.09. The molecule has 21 heavy (non-hydrogen) atoms. The number of thiophene rings is 1. The summed E-state index contributed by atoms with van der Waals surface area (Å²) in [6.45, 7) is 3.98. The van der Waals surface area contributed by atoms with E-state index >= 15 is 0 Å². The van der Waals surface area contributed by atoms with Gasteiger partial charge in [0.05, 0.1) is 13.2 Å². The maximum absolute atomic E-state index is 10.1. The number of anilines is 1. The zero-order chi connectivity index (χ0) is 15.4. The summed E-state index contributed by atoms with van der Waals surface area (Å²) < 4.78 is 5.40. The molecule has 0 aliphatic heterocycles. The zero-order valence-electron chi connectivity index (χ0n) is 13.0. The van der Waals surface area contributed by atoms with E-state index < -0.39 is 6.10 Å². The second kappa shape index (κ2) is 6.96. The fourth-order valence-electron chi connectivity index (χ4n) is 2.53. The molecule has 0 radical (unpaired) electrons. The van der Waals surface area contributed by atoms with Crippen LogP contribution in [0.5, 0.6) is 5.75 Å². The molecule has 2 atom stereocenters. The van der Waals surface area contributed by atoms with Crippen LogP contribution in [0.25, 0.3) is 0 Å². The van der Waals surface area contributed by atoms with Gasteiger partial charge in [0.25, 0.3) is 0 Å². The van der Waals surface area contributed by atoms with Crippen LogP contribution in [0.15, 0.2) is 35.7 Å². The summed E-state index contributed by atoms with van der Waals surface area (Å²) in [5.41, 5.74) is 1.87. The third-order valence-corrected chi connectivity index (χ3v) is 4.70. The van der Waals surface area contributed by atoms with Crippen LogP contribution in [-0.2, 0) is 6.42 Å². The Morgan fingerprint density at radius 2 is 2.00 bits per heavy atom. The lowest BCUT2D eigenvalue weighted by Gasteiger charge is -2.30. The smallest absolute Gasteiger partial charge is 0.126 e. The average Bonchev–Trinajstić information content (AvgIpc) is 2.98. The van der Waals surface area contributed by atoms with E-state index in [0.717, 1.165) is 23.4 Å². The van der Waals surface area contributed by atoms with Crippen molar-refractivity contribution in [2.75, 3.05) is 19.1 Å².